The smallest absolute Gasteiger partial charge is 0.318 e. The van der Waals surface area contributed by atoms with Crippen LogP contribution in [0.3, 0.4) is 0 Å². The van der Waals surface area contributed by atoms with Gasteiger partial charge in [-0.3, -0.25) is 9.69 Å². The molecule has 8 nitrogen and oxygen atoms in total. The maximum Gasteiger partial charge on any atom is 0.318 e. The van der Waals surface area contributed by atoms with Crippen LogP contribution in [0, 0.1) is 0 Å². The Kier molecular flexibility index (Phi) is 6.75. The molecule has 1 aromatic heterocycles. The van der Waals surface area contributed by atoms with Crippen molar-refractivity contribution in [2.24, 2.45) is 0 Å². The average Bonchev–Trinajstić information content (AvgIpc) is 3.81. The van der Waals surface area contributed by atoms with Crippen molar-refractivity contribution in [3.63, 3.8) is 0 Å². The first-order chi connectivity index (χ1) is 21.0. The van der Waals surface area contributed by atoms with E-state index in [-0.39, 0.29) is 23.5 Å². The van der Waals surface area contributed by atoms with Crippen molar-refractivity contribution < 1.29 is 9.53 Å². The van der Waals surface area contributed by atoms with Crippen LogP contribution in [0.4, 0.5) is 11.5 Å². The third kappa shape index (κ3) is 4.48. The highest BCUT2D eigenvalue weighted by Gasteiger charge is 2.47. The van der Waals surface area contributed by atoms with Crippen molar-refractivity contribution in [3.8, 4) is 6.01 Å². The van der Waals surface area contributed by atoms with Crippen molar-refractivity contribution >= 4 is 39.8 Å². The molecule has 9 heteroatoms. The molecular formula is C34H39ClN6O2. The Balaban J connectivity index is 1.15. The van der Waals surface area contributed by atoms with E-state index in [4.69, 9.17) is 26.3 Å². The summed E-state index contributed by atoms with van der Waals surface area (Å²) in [6.45, 7) is 9.88. The Bertz CT molecular complexity index is 1580. The number of carbonyl (C=O) groups is 1. The second kappa shape index (κ2) is 10.7. The number of rotatable bonds is 6. The second-order valence-corrected chi connectivity index (χ2v) is 13.3. The van der Waals surface area contributed by atoms with Gasteiger partial charge in [0.1, 0.15) is 12.4 Å². The van der Waals surface area contributed by atoms with E-state index in [1.165, 1.54) is 50.4 Å². The van der Waals surface area contributed by atoms with Crippen LogP contribution in [0.2, 0.25) is 5.02 Å². The third-order valence-electron chi connectivity index (χ3n) is 10.8. The highest BCUT2D eigenvalue weighted by Crippen LogP contribution is 2.42. The highest BCUT2D eigenvalue weighted by atomic mass is 35.5. The summed E-state index contributed by atoms with van der Waals surface area (Å²) in [5.41, 5.74) is 3.51. The number of nitrogens with zero attached hydrogens (tertiary/aromatic N) is 6. The largest absolute Gasteiger partial charge is 0.461 e. The number of halogens is 1. The van der Waals surface area contributed by atoms with Gasteiger partial charge < -0.3 is 19.4 Å². The number of benzene rings is 2. The van der Waals surface area contributed by atoms with Crippen molar-refractivity contribution in [1.29, 1.82) is 0 Å². The Morgan fingerprint density at radius 3 is 2.63 bits per heavy atom. The summed E-state index contributed by atoms with van der Waals surface area (Å²) in [6.07, 6.45) is 9.01. The molecule has 0 aliphatic carbocycles. The minimum atomic E-state index is 0.0319. The van der Waals surface area contributed by atoms with Gasteiger partial charge in [0.15, 0.2) is 0 Å². The van der Waals surface area contributed by atoms with Gasteiger partial charge in [-0.25, -0.2) is 0 Å². The van der Waals surface area contributed by atoms with E-state index in [1.807, 2.05) is 17.0 Å². The second-order valence-electron chi connectivity index (χ2n) is 12.9. The van der Waals surface area contributed by atoms with E-state index in [0.29, 0.717) is 19.2 Å². The van der Waals surface area contributed by atoms with Gasteiger partial charge in [0.05, 0.1) is 34.9 Å². The summed E-state index contributed by atoms with van der Waals surface area (Å²) in [6, 6.07) is 13.4. The molecule has 6 heterocycles. The molecule has 5 aliphatic rings. The predicted molar refractivity (Wildman–Crippen MR) is 170 cm³/mol. The number of anilines is 2. The lowest BCUT2D eigenvalue weighted by atomic mass is 9.95. The number of aromatic nitrogens is 2. The van der Waals surface area contributed by atoms with Crippen LogP contribution in [0.15, 0.2) is 49.1 Å². The van der Waals surface area contributed by atoms with Gasteiger partial charge in [0, 0.05) is 36.3 Å². The summed E-state index contributed by atoms with van der Waals surface area (Å²) < 4.78 is 6.57. The number of hydrogen-bond acceptors (Lipinski definition) is 7. The monoisotopic (exact) mass is 598 g/mol. The van der Waals surface area contributed by atoms with Crippen LogP contribution >= 0.6 is 11.6 Å². The molecule has 43 heavy (non-hydrogen) atoms. The summed E-state index contributed by atoms with van der Waals surface area (Å²) >= 11 is 6.74. The van der Waals surface area contributed by atoms with Crippen LogP contribution in [-0.4, -0.2) is 82.6 Å². The van der Waals surface area contributed by atoms with Crippen LogP contribution in [-0.2, 0) is 17.8 Å². The van der Waals surface area contributed by atoms with E-state index in [2.05, 4.69) is 45.5 Å². The number of amides is 1. The van der Waals surface area contributed by atoms with Crippen LogP contribution in [0.25, 0.3) is 10.8 Å². The fourth-order valence-electron chi connectivity index (χ4n) is 8.74. The number of carbonyl (C=O) groups excluding carboxylic acids is 1. The Morgan fingerprint density at radius 1 is 1.02 bits per heavy atom. The molecular weight excluding hydrogens is 560 g/mol. The third-order valence-corrected chi connectivity index (χ3v) is 11.1. The van der Waals surface area contributed by atoms with Gasteiger partial charge in [-0.2, -0.15) is 9.97 Å². The quantitative estimate of drug-likeness (QED) is 0.361. The molecule has 4 fully saturated rings. The number of hydrogen-bond donors (Lipinski definition) is 0. The fourth-order valence-corrected chi connectivity index (χ4v) is 9.01. The van der Waals surface area contributed by atoms with E-state index in [0.717, 1.165) is 71.9 Å². The van der Waals surface area contributed by atoms with E-state index < -0.39 is 0 Å². The van der Waals surface area contributed by atoms with Crippen molar-refractivity contribution in [1.82, 2.24) is 19.8 Å². The SMILES string of the molecule is C=CC(=O)N1CC[C@H]2[C@H]1CCN2c1nc(OCC23CCCN2CCC3)nc2c1CCN(c1cccc3cccc(Cl)c13)C2. The molecule has 0 radical (unpaired) electrons. The topological polar surface area (TPSA) is 65.0 Å². The summed E-state index contributed by atoms with van der Waals surface area (Å²) in [5, 5.41) is 3.00. The minimum Gasteiger partial charge on any atom is -0.461 e. The molecule has 0 N–H and O–H groups in total. The molecule has 0 bridgehead atoms. The Morgan fingerprint density at radius 2 is 1.81 bits per heavy atom. The van der Waals surface area contributed by atoms with Gasteiger partial charge in [0.2, 0.25) is 5.91 Å². The normalized spacial score (nSPS) is 24.3. The van der Waals surface area contributed by atoms with E-state index >= 15 is 0 Å². The lowest BCUT2D eigenvalue weighted by Crippen LogP contribution is -2.44. The molecule has 4 saturated heterocycles. The highest BCUT2D eigenvalue weighted by molar-refractivity contribution is 6.36. The Hall–Kier alpha value is -3.36. The number of likely N-dealkylation sites (tertiary alicyclic amines) is 1. The molecule has 0 unspecified atom stereocenters. The number of ether oxygens (including phenoxy) is 1. The van der Waals surface area contributed by atoms with Gasteiger partial charge in [0.25, 0.3) is 0 Å². The van der Waals surface area contributed by atoms with E-state index in [1.54, 1.807) is 0 Å². The summed E-state index contributed by atoms with van der Waals surface area (Å²) in [7, 11) is 0. The maximum atomic E-state index is 12.6. The molecule has 0 saturated carbocycles. The Labute approximate surface area is 258 Å². The minimum absolute atomic E-state index is 0.0319. The zero-order valence-corrected chi connectivity index (χ0v) is 25.4. The van der Waals surface area contributed by atoms with E-state index in [9.17, 15) is 4.79 Å². The molecule has 0 spiro atoms. The fraction of sp³-hybridized carbons (Fsp3) is 0.500. The zero-order chi connectivity index (χ0) is 29.1. The lowest BCUT2D eigenvalue weighted by Gasteiger charge is -2.35. The number of fused-ring (bicyclic) bond motifs is 4. The van der Waals surface area contributed by atoms with Gasteiger partial charge in [-0.05, 0) is 81.6 Å². The first kappa shape index (κ1) is 27.2. The van der Waals surface area contributed by atoms with Gasteiger partial charge in [-0.1, -0.05) is 42.4 Å². The molecule has 1 amide bonds. The van der Waals surface area contributed by atoms with Crippen molar-refractivity contribution in [2.75, 3.05) is 49.1 Å². The zero-order valence-electron chi connectivity index (χ0n) is 24.7. The molecule has 3 aromatic rings. The molecule has 2 atom stereocenters. The van der Waals surface area contributed by atoms with Crippen molar-refractivity contribution in [3.05, 3.63) is 65.3 Å². The van der Waals surface area contributed by atoms with Crippen molar-refractivity contribution in [2.45, 2.75) is 69.1 Å². The standard InChI is InChI=1S/C34H39ClN6O2/c1-2-30(42)40-19-12-28-27(40)13-20-41(28)32-24-11-18-38(29-10-4-8-23-7-3-9-25(35)31(23)29)21-26(24)36-33(37-32)43-22-34-14-5-16-39(34)17-6-15-34/h2-4,7-10,27-28H,1,5-6,11-22H2/t27-,28+/m1/s1. The van der Waals surface area contributed by atoms with Crippen LogP contribution in [0.5, 0.6) is 6.01 Å². The molecule has 2 aromatic carbocycles. The lowest BCUT2D eigenvalue weighted by molar-refractivity contribution is -0.126. The van der Waals surface area contributed by atoms with Crippen LogP contribution in [0.1, 0.15) is 49.8 Å². The predicted octanol–water partition coefficient (Wildman–Crippen LogP) is 5.22. The molecule has 224 valence electrons. The first-order valence-electron chi connectivity index (χ1n) is 15.9. The summed E-state index contributed by atoms with van der Waals surface area (Å²) in [4.78, 5) is 32.3. The molecule has 8 rings (SSSR count). The van der Waals surface area contributed by atoms with Gasteiger partial charge >= 0.3 is 6.01 Å². The first-order valence-corrected chi connectivity index (χ1v) is 16.3. The summed E-state index contributed by atoms with van der Waals surface area (Å²) in [5.74, 6) is 1.03. The molecule has 5 aliphatic heterocycles. The maximum absolute atomic E-state index is 12.6. The van der Waals surface area contributed by atoms with Crippen LogP contribution < -0.4 is 14.5 Å². The van der Waals surface area contributed by atoms with Gasteiger partial charge in [-0.15, -0.1) is 0 Å². The average molecular weight is 599 g/mol.